The fraction of sp³-hybridized carbons (Fsp3) is 0.667. The Morgan fingerprint density at radius 1 is 1.14 bits per heavy atom. The lowest BCUT2D eigenvalue weighted by Crippen LogP contribution is -2.36. The number of nitrogens with zero attached hydrogens (tertiary/aromatic N) is 2. The lowest BCUT2D eigenvalue weighted by Gasteiger charge is -2.22. The van der Waals surface area contributed by atoms with Crippen molar-refractivity contribution >= 4 is 21.6 Å². The summed E-state index contributed by atoms with van der Waals surface area (Å²) in [5, 5.41) is 2.89. The summed E-state index contributed by atoms with van der Waals surface area (Å²) in [5.41, 5.74) is 0.478. The molecule has 2 saturated carbocycles. The van der Waals surface area contributed by atoms with E-state index in [1.807, 2.05) is 6.92 Å². The Hall–Kier alpha value is -1.64. The lowest BCUT2D eigenvalue weighted by atomic mass is 10.3. The van der Waals surface area contributed by atoms with Crippen LogP contribution in [0.4, 0.5) is 5.69 Å². The van der Waals surface area contributed by atoms with Crippen LogP contribution in [0.15, 0.2) is 23.1 Å². The second-order valence-corrected chi connectivity index (χ2v) is 9.74. The zero-order valence-corrected chi connectivity index (χ0v) is 18.5. The molecule has 0 spiro atoms. The number of amides is 1. The Balaban J connectivity index is 1.76. The van der Waals surface area contributed by atoms with Crippen molar-refractivity contribution in [3.8, 4) is 5.75 Å². The third-order valence-corrected chi connectivity index (χ3v) is 7.52. The van der Waals surface area contributed by atoms with Gasteiger partial charge in [0.05, 0.1) is 13.2 Å². The molecule has 29 heavy (non-hydrogen) atoms. The monoisotopic (exact) mass is 423 g/mol. The molecule has 0 unspecified atom stereocenters. The second-order valence-electron chi connectivity index (χ2n) is 7.84. The van der Waals surface area contributed by atoms with E-state index in [1.54, 1.807) is 26.0 Å². The third kappa shape index (κ3) is 5.71. The van der Waals surface area contributed by atoms with Crippen LogP contribution < -0.4 is 10.1 Å². The quantitative estimate of drug-likeness (QED) is 0.559. The van der Waals surface area contributed by atoms with E-state index in [9.17, 15) is 13.2 Å². The number of nitrogens with one attached hydrogen (secondary N) is 1. The number of hydrogen-bond donors (Lipinski definition) is 1. The maximum Gasteiger partial charge on any atom is 0.246 e. The van der Waals surface area contributed by atoms with E-state index in [2.05, 4.69) is 10.2 Å². The van der Waals surface area contributed by atoms with Crippen LogP contribution in [0.25, 0.3) is 0 Å². The Bertz CT molecular complexity index is 815. The predicted molar refractivity (Wildman–Crippen MR) is 114 cm³/mol. The van der Waals surface area contributed by atoms with Gasteiger partial charge in [-0.3, -0.25) is 9.69 Å². The van der Waals surface area contributed by atoms with Gasteiger partial charge in [-0.25, -0.2) is 8.42 Å². The molecule has 1 amide bonds. The summed E-state index contributed by atoms with van der Waals surface area (Å²) in [6.45, 7) is 7.88. The maximum atomic E-state index is 13.1. The van der Waals surface area contributed by atoms with E-state index in [0.717, 1.165) is 25.3 Å². The van der Waals surface area contributed by atoms with Crippen molar-refractivity contribution in [3.63, 3.8) is 0 Å². The van der Waals surface area contributed by atoms with Crippen molar-refractivity contribution in [2.75, 3.05) is 38.1 Å². The van der Waals surface area contributed by atoms with Gasteiger partial charge in [-0.15, -0.1) is 0 Å². The van der Waals surface area contributed by atoms with E-state index in [4.69, 9.17) is 4.74 Å². The number of carbonyl (C=O) groups is 1. The molecule has 0 aromatic heterocycles. The number of hydrogen-bond acceptors (Lipinski definition) is 5. The van der Waals surface area contributed by atoms with Gasteiger partial charge in [0.1, 0.15) is 10.6 Å². The van der Waals surface area contributed by atoms with Gasteiger partial charge in [-0.2, -0.15) is 4.31 Å². The first-order chi connectivity index (χ1) is 13.9. The first kappa shape index (κ1) is 22.1. The molecule has 0 saturated heterocycles. The molecule has 0 bridgehead atoms. The minimum absolute atomic E-state index is 0.0953. The summed E-state index contributed by atoms with van der Waals surface area (Å²) in [4.78, 5) is 15.0. The summed E-state index contributed by atoms with van der Waals surface area (Å²) >= 11 is 0. The molecule has 0 aliphatic heterocycles. The highest BCUT2D eigenvalue weighted by molar-refractivity contribution is 7.89. The summed E-state index contributed by atoms with van der Waals surface area (Å²) in [6, 6.07) is 5.37. The van der Waals surface area contributed by atoms with Crippen molar-refractivity contribution in [2.45, 2.75) is 57.4 Å². The highest BCUT2D eigenvalue weighted by Crippen LogP contribution is 2.35. The van der Waals surface area contributed by atoms with Crippen molar-refractivity contribution in [1.82, 2.24) is 9.21 Å². The zero-order chi connectivity index (χ0) is 21.0. The molecule has 0 atom stereocenters. The van der Waals surface area contributed by atoms with Gasteiger partial charge >= 0.3 is 0 Å². The van der Waals surface area contributed by atoms with Crippen molar-refractivity contribution in [1.29, 1.82) is 0 Å². The largest absolute Gasteiger partial charge is 0.492 e. The molecule has 3 rings (SSSR count). The highest BCUT2D eigenvalue weighted by Gasteiger charge is 2.34. The van der Waals surface area contributed by atoms with E-state index < -0.39 is 10.0 Å². The smallest absolute Gasteiger partial charge is 0.246 e. The Morgan fingerprint density at radius 3 is 2.38 bits per heavy atom. The minimum atomic E-state index is -3.70. The van der Waals surface area contributed by atoms with Crippen LogP contribution in [0.3, 0.4) is 0 Å². The number of ether oxygens (including phenoxy) is 1. The Labute approximate surface area is 174 Å². The van der Waals surface area contributed by atoms with E-state index in [0.29, 0.717) is 43.7 Å². The fourth-order valence-electron chi connectivity index (χ4n) is 3.56. The first-order valence-corrected chi connectivity index (χ1v) is 12.1. The molecule has 2 aliphatic rings. The second kappa shape index (κ2) is 9.45. The number of carbonyl (C=O) groups excluding carboxylic acids is 1. The molecule has 2 aliphatic carbocycles. The average Bonchev–Trinajstić information content (AvgIpc) is 3.57. The molecule has 0 heterocycles. The van der Waals surface area contributed by atoms with Crippen LogP contribution in [0, 0.1) is 5.92 Å². The van der Waals surface area contributed by atoms with Crippen LogP contribution in [0.1, 0.15) is 46.5 Å². The van der Waals surface area contributed by atoms with Gasteiger partial charge < -0.3 is 10.1 Å². The molecule has 1 aromatic rings. The molecule has 1 aromatic carbocycles. The normalized spacial score (nSPS) is 17.0. The number of rotatable bonds is 12. The standard InChI is InChI=1S/C21H33N3O4S/c1-4-24(5-2)29(26,27)20-13-17(9-12-19(20)28-6-3)22-21(25)15-23(18-10-11-18)14-16-7-8-16/h9,12-13,16,18H,4-8,10-11,14-15H2,1-3H3,(H,22,25). The molecular weight excluding hydrogens is 390 g/mol. The fourth-order valence-corrected chi connectivity index (χ4v) is 5.18. The van der Waals surface area contributed by atoms with Gasteiger partial charge in [-0.1, -0.05) is 13.8 Å². The van der Waals surface area contributed by atoms with Crippen LogP contribution in [-0.4, -0.2) is 62.4 Å². The molecule has 0 radical (unpaired) electrons. The van der Waals surface area contributed by atoms with Crippen molar-refractivity contribution in [2.24, 2.45) is 5.92 Å². The average molecular weight is 424 g/mol. The number of anilines is 1. The molecule has 162 valence electrons. The van der Waals surface area contributed by atoms with Crippen molar-refractivity contribution in [3.05, 3.63) is 18.2 Å². The number of benzene rings is 1. The van der Waals surface area contributed by atoms with Crippen LogP contribution in [0.5, 0.6) is 5.75 Å². The van der Waals surface area contributed by atoms with Gasteiger partial charge in [0, 0.05) is 31.4 Å². The van der Waals surface area contributed by atoms with Gasteiger partial charge in [0.2, 0.25) is 15.9 Å². The summed E-state index contributed by atoms with van der Waals surface area (Å²) in [6.07, 6.45) is 4.84. The van der Waals surface area contributed by atoms with Crippen LogP contribution in [0.2, 0.25) is 0 Å². The Morgan fingerprint density at radius 2 is 1.83 bits per heavy atom. The van der Waals surface area contributed by atoms with E-state index in [-0.39, 0.29) is 10.8 Å². The lowest BCUT2D eigenvalue weighted by molar-refractivity contribution is -0.117. The molecule has 8 heteroatoms. The van der Waals surface area contributed by atoms with Gasteiger partial charge in [-0.05, 0) is 56.7 Å². The molecule has 2 fully saturated rings. The van der Waals surface area contributed by atoms with Gasteiger partial charge in [0.25, 0.3) is 0 Å². The van der Waals surface area contributed by atoms with E-state index >= 15 is 0 Å². The van der Waals surface area contributed by atoms with Gasteiger partial charge in [0.15, 0.2) is 0 Å². The van der Waals surface area contributed by atoms with Crippen LogP contribution in [-0.2, 0) is 14.8 Å². The summed E-state index contributed by atoms with van der Waals surface area (Å²) in [7, 11) is -3.70. The molecular formula is C21H33N3O4S. The third-order valence-electron chi connectivity index (χ3n) is 5.45. The topological polar surface area (TPSA) is 79.0 Å². The van der Waals surface area contributed by atoms with Crippen LogP contribution >= 0.6 is 0 Å². The zero-order valence-electron chi connectivity index (χ0n) is 17.7. The summed E-state index contributed by atoms with van der Waals surface area (Å²) < 4.78 is 33.1. The van der Waals surface area contributed by atoms with E-state index in [1.165, 1.54) is 23.2 Å². The minimum Gasteiger partial charge on any atom is -0.492 e. The SMILES string of the molecule is CCOc1ccc(NC(=O)CN(CC2CC2)C2CC2)cc1S(=O)(=O)N(CC)CC. The molecule has 7 nitrogen and oxygen atoms in total. The highest BCUT2D eigenvalue weighted by atomic mass is 32.2. The molecule has 1 N–H and O–H groups in total. The summed E-state index contributed by atoms with van der Waals surface area (Å²) in [5.74, 6) is 0.943. The number of sulfonamides is 1. The Kier molecular flexibility index (Phi) is 7.19. The maximum absolute atomic E-state index is 13.1. The first-order valence-electron chi connectivity index (χ1n) is 10.7. The predicted octanol–water partition coefficient (Wildman–Crippen LogP) is 2.93. The van der Waals surface area contributed by atoms with Crippen molar-refractivity contribution < 1.29 is 17.9 Å².